The Labute approximate surface area is 134 Å². The molecule has 2 heterocycles. The Balaban J connectivity index is 1.95. The number of thiophene rings is 1. The summed E-state index contributed by atoms with van der Waals surface area (Å²) in [5, 5.41) is 7.45. The van der Waals surface area contributed by atoms with Gasteiger partial charge in [0.1, 0.15) is 5.00 Å². The minimum atomic E-state index is -0.352. The van der Waals surface area contributed by atoms with Gasteiger partial charge in [0.25, 0.3) is 0 Å². The van der Waals surface area contributed by atoms with Crippen molar-refractivity contribution in [1.29, 1.82) is 0 Å². The summed E-state index contributed by atoms with van der Waals surface area (Å²) in [5.41, 5.74) is 0.528. The molecular formula is C14H20N2O3S2. The Morgan fingerprint density at radius 3 is 3.05 bits per heavy atom. The van der Waals surface area contributed by atoms with E-state index in [9.17, 15) is 4.79 Å². The van der Waals surface area contributed by atoms with Crippen LogP contribution in [-0.4, -0.2) is 37.4 Å². The lowest BCUT2D eigenvalue weighted by Gasteiger charge is -2.13. The molecule has 1 saturated heterocycles. The minimum Gasteiger partial charge on any atom is -0.465 e. The van der Waals surface area contributed by atoms with E-state index >= 15 is 0 Å². The zero-order valence-electron chi connectivity index (χ0n) is 12.2. The highest BCUT2D eigenvalue weighted by molar-refractivity contribution is 7.80. The molecule has 0 unspecified atom stereocenters. The van der Waals surface area contributed by atoms with Gasteiger partial charge in [0.15, 0.2) is 5.11 Å². The van der Waals surface area contributed by atoms with Gasteiger partial charge in [0.2, 0.25) is 0 Å². The quantitative estimate of drug-likeness (QED) is 0.640. The third-order valence-corrected chi connectivity index (χ3v) is 4.72. The summed E-state index contributed by atoms with van der Waals surface area (Å²) in [6.45, 7) is 3.56. The molecule has 1 fully saturated rings. The molecular weight excluding hydrogens is 308 g/mol. The standard InChI is InChI=1S/C14H20N2O3S2/c1-3-10-7-11(13(17)18-2)12(21-10)16-14(20)15-8-9-5-4-6-19-9/h7,9H,3-6,8H2,1-2H3,(H2,15,16,20)/t9-/m0/s1. The van der Waals surface area contributed by atoms with E-state index in [-0.39, 0.29) is 12.1 Å². The molecule has 0 aliphatic carbocycles. The van der Waals surface area contributed by atoms with Crippen LogP contribution in [0.25, 0.3) is 0 Å². The average Bonchev–Trinajstić information content (AvgIpc) is 3.13. The number of carbonyl (C=O) groups excluding carboxylic acids is 1. The number of aryl methyl sites for hydroxylation is 1. The van der Waals surface area contributed by atoms with Gasteiger partial charge in [0.05, 0.1) is 18.8 Å². The van der Waals surface area contributed by atoms with Crippen molar-refractivity contribution in [2.75, 3.05) is 25.6 Å². The highest BCUT2D eigenvalue weighted by atomic mass is 32.1. The van der Waals surface area contributed by atoms with E-state index in [1.807, 2.05) is 13.0 Å². The van der Waals surface area contributed by atoms with Crippen molar-refractivity contribution in [3.63, 3.8) is 0 Å². The van der Waals surface area contributed by atoms with Crippen molar-refractivity contribution in [1.82, 2.24) is 5.32 Å². The number of esters is 1. The van der Waals surface area contributed by atoms with Gasteiger partial charge in [-0.1, -0.05) is 6.92 Å². The number of nitrogens with one attached hydrogen (secondary N) is 2. The van der Waals surface area contributed by atoms with Crippen molar-refractivity contribution in [2.24, 2.45) is 0 Å². The first-order valence-corrected chi connectivity index (χ1v) is 8.24. The summed E-state index contributed by atoms with van der Waals surface area (Å²) in [5.74, 6) is -0.352. The van der Waals surface area contributed by atoms with Crippen molar-refractivity contribution in [3.8, 4) is 0 Å². The lowest BCUT2D eigenvalue weighted by atomic mass is 10.2. The molecule has 21 heavy (non-hydrogen) atoms. The first kappa shape index (κ1) is 16.2. The minimum absolute atomic E-state index is 0.222. The van der Waals surface area contributed by atoms with Gasteiger partial charge in [0, 0.05) is 18.0 Å². The fraction of sp³-hybridized carbons (Fsp3) is 0.571. The molecule has 0 aromatic carbocycles. The number of anilines is 1. The Kier molecular flexibility index (Phi) is 5.96. The SMILES string of the molecule is CCc1cc(C(=O)OC)c(NC(=S)NC[C@@H]2CCCO2)s1. The summed E-state index contributed by atoms with van der Waals surface area (Å²) in [7, 11) is 1.38. The van der Waals surface area contributed by atoms with Crippen LogP contribution in [0.3, 0.4) is 0 Å². The van der Waals surface area contributed by atoms with E-state index in [2.05, 4.69) is 10.6 Å². The largest absolute Gasteiger partial charge is 0.465 e. The molecule has 116 valence electrons. The molecule has 2 N–H and O–H groups in total. The van der Waals surface area contributed by atoms with Gasteiger partial charge >= 0.3 is 5.97 Å². The predicted molar refractivity (Wildman–Crippen MR) is 88.2 cm³/mol. The summed E-state index contributed by atoms with van der Waals surface area (Å²) in [6.07, 6.45) is 3.25. The predicted octanol–water partition coefficient (Wildman–Crippen LogP) is 2.56. The van der Waals surface area contributed by atoms with Crippen molar-refractivity contribution < 1.29 is 14.3 Å². The number of thiocarbonyl (C=S) groups is 1. The fourth-order valence-corrected chi connectivity index (χ4v) is 3.37. The first-order valence-electron chi connectivity index (χ1n) is 7.01. The van der Waals surface area contributed by atoms with E-state index in [1.54, 1.807) is 0 Å². The maximum Gasteiger partial charge on any atom is 0.340 e. The Morgan fingerprint density at radius 1 is 1.62 bits per heavy atom. The first-order chi connectivity index (χ1) is 10.1. The van der Waals surface area contributed by atoms with Gasteiger partial charge in [-0.15, -0.1) is 11.3 Å². The van der Waals surface area contributed by atoms with E-state index in [0.717, 1.165) is 35.7 Å². The van der Waals surface area contributed by atoms with Gasteiger partial charge < -0.3 is 20.1 Å². The number of methoxy groups -OCH3 is 1. The monoisotopic (exact) mass is 328 g/mol. The lowest BCUT2D eigenvalue weighted by Crippen LogP contribution is -2.34. The van der Waals surface area contributed by atoms with E-state index in [4.69, 9.17) is 21.7 Å². The van der Waals surface area contributed by atoms with Crippen LogP contribution in [0.15, 0.2) is 6.07 Å². The molecule has 0 amide bonds. The van der Waals surface area contributed by atoms with Crippen LogP contribution in [0.1, 0.15) is 35.0 Å². The maximum atomic E-state index is 11.8. The topological polar surface area (TPSA) is 59.6 Å². The summed E-state index contributed by atoms with van der Waals surface area (Å²) in [4.78, 5) is 12.9. The molecule has 0 radical (unpaired) electrons. The normalized spacial score (nSPS) is 17.5. The summed E-state index contributed by atoms with van der Waals surface area (Å²) < 4.78 is 10.3. The zero-order valence-corrected chi connectivity index (χ0v) is 13.9. The molecule has 0 saturated carbocycles. The van der Waals surface area contributed by atoms with Crippen molar-refractivity contribution in [3.05, 3.63) is 16.5 Å². The van der Waals surface area contributed by atoms with Gasteiger partial charge in [-0.05, 0) is 37.5 Å². The Hall–Kier alpha value is -1.18. The highest BCUT2D eigenvalue weighted by Gasteiger charge is 2.18. The van der Waals surface area contributed by atoms with E-state index < -0.39 is 0 Å². The molecule has 5 nitrogen and oxygen atoms in total. The second kappa shape index (κ2) is 7.72. The highest BCUT2D eigenvalue weighted by Crippen LogP contribution is 2.29. The third-order valence-electron chi connectivity index (χ3n) is 3.28. The molecule has 1 aromatic heterocycles. The Bertz CT molecular complexity index is 510. The summed E-state index contributed by atoms with van der Waals surface area (Å²) >= 11 is 6.79. The van der Waals surface area contributed by atoms with Crippen molar-refractivity contribution >= 4 is 39.6 Å². The van der Waals surface area contributed by atoms with Crippen LogP contribution >= 0.6 is 23.6 Å². The van der Waals surface area contributed by atoms with Crippen LogP contribution in [-0.2, 0) is 15.9 Å². The molecule has 0 bridgehead atoms. The van der Waals surface area contributed by atoms with Crippen LogP contribution in [0.4, 0.5) is 5.00 Å². The number of rotatable bonds is 5. The Morgan fingerprint density at radius 2 is 2.43 bits per heavy atom. The second-order valence-corrected chi connectivity index (χ2v) is 6.32. The third kappa shape index (κ3) is 4.39. The maximum absolute atomic E-state index is 11.8. The lowest BCUT2D eigenvalue weighted by molar-refractivity contribution is 0.0602. The number of hydrogen-bond donors (Lipinski definition) is 2. The number of carbonyl (C=O) groups is 1. The smallest absolute Gasteiger partial charge is 0.340 e. The molecule has 1 aliphatic heterocycles. The van der Waals surface area contributed by atoms with Crippen LogP contribution < -0.4 is 10.6 Å². The summed E-state index contributed by atoms with van der Waals surface area (Å²) in [6, 6.07) is 1.85. The fourth-order valence-electron chi connectivity index (χ4n) is 2.13. The van der Waals surface area contributed by atoms with Crippen LogP contribution in [0.2, 0.25) is 0 Å². The molecule has 7 heteroatoms. The van der Waals surface area contributed by atoms with Gasteiger partial charge in [-0.2, -0.15) is 0 Å². The van der Waals surface area contributed by atoms with E-state index in [1.165, 1.54) is 18.4 Å². The van der Waals surface area contributed by atoms with Crippen LogP contribution in [0.5, 0.6) is 0 Å². The van der Waals surface area contributed by atoms with Crippen molar-refractivity contribution in [2.45, 2.75) is 32.3 Å². The average molecular weight is 328 g/mol. The molecule has 0 spiro atoms. The van der Waals surface area contributed by atoms with Crippen LogP contribution in [0, 0.1) is 0 Å². The number of hydrogen-bond acceptors (Lipinski definition) is 5. The number of ether oxygens (including phenoxy) is 2. The van der Waals surface area contributed by atoms with E-state index in [0.29, 0.717) is 17.2 Å². The van der Waals surface area contributed by atoms with Gasteiger partial charge in [-0.3, -0.25) is 0 Å². The molecule has 2 rings (SSSR count). The molecule has 1 aromatic rings. The molecule has 1 atom stereocenters. The molecule has 1 aliphatic rings. The van der Waals surface area contributed by atoms with Gasteiger partial charge in [-0.25, -0.2) is 4.79 Å². The second-order valence-electron chi connectivity index (χ2n) is 4.77. The zero-order chi connectivity index (χ0) is 15.2.